The third-order valence-corrected chi connectivity index (χ3v) is 3.82. The van der Waals surface area contributed by atoms with Gasteiger partial charge in [0, 0.05) is 5.56 Å². The molecule has 1 atom stereocenters. The molecule has 0 heterocycles. The summed E-state index contributed by atoms with van der Waals surface area (Å²) in [5.41, 5.74) is 0.698. The third-order valence-electron chi connectivity index (χ3n) is 2.76. The van der Waals surface area contributed by atoms with Crippen LogP contribution < -0.4 is 4.74 Å². The van der Waals surface area contributed by atoms with Crippen LogP contribution >= 0.6 is 15.9 Å². The molecule has 19 heavy (non-hydrogen) atoms. The van der Waals surface area contributed by atoms with E-state index in [0.717, 1.165) is 17.9 Å². The number of para-hydroxylation sites is 1. The molecule has 98 valence electrons. The lowest BCUT2D eigenvalue weighted by atomic mass is 10.1. The van der Waals surface area contributed by atoms with Gasteiger partial charge in [-0.2, -0.15) is 0 Å². The van der Waals surface area contributed by atoms with E-state index in [2.05, 4.69) is 15.9 Å². The standard InChI is InChI=1S/C16H15BrO2/c1-2-15(17)16(18)12-8-10-14(11-9-12)19-13-6-4-3-5-7-13/h3-11,15H,2H2,1H3. The Morgan fingerprint density at radius 3 is 2.21 bits per heavy atom. The van der Waals surface area contributed by atoms with E-state index >= 15 is 0 Å². The van der Waals surface area contributed by atoms with Crippen molar-refractivity contribution >= 4 is 21.7 Å². The Morgan fingerprint density at radius 1 is 1.05 bits per heavy atom. The van der Waals surface area contributed by atoms with E-state index in [1.807, 2.05) is 49.4 Å². The van der Waals surface area contributed by atoms with Crippen LogP contribution in [0.1, 0.15) is 23.7 Å². The highest BCUT2D eigenvalue weighted by Crippen LogP contribution is 2.22. The summed E-state index contributed by atoms with van der Waals surface area (Å²) in [6.07, 6.45) is 0.779. The van der Waals surface area contributed by atoms with Gasteiger partial charge in [0.1, 0.15) is 11.5 Å². The number of alkyl halides is 1. The molecule has 0 fully saturated rings. The van der Waals surface area contributed by atoms with Gasteiger partial charge in [0.15, 0.2) is 5.78 Å². The molecule has 2 nitrogen and oxygen atoms in total. The SMILES string of the molecule is CCC(Br)C(=O)c1ccc(Oc2ccccc2)cc1. The first-order valence-corrected chi connectivity index (χ1v) is 7.13. The minimum Gasteiger partial charge on any atom is -0.457 e. The number of benzene rings is 2. The van der Waals surface area contributed by atoms with Crippen molar-refractivity contribution in [1.29, 1.82) is 0 Å². The minimum atomic E-state index is -0.117. The number of rotatable bonds is 5. The van der Waals surface area contributed by atoms with Crippen LogP contribution in [-0.2, 0) is 0 Å². The summed E-state index contributed by atoms with van der Waals surface area (Å²) in [6, 6.07) is 16.8. The topological polar surface area (TPSA) is 26.3 Å². The molecule has 0 aromatic heterocycles. The smallest absolute Gasteiger partial charge is 0.176 e. The molecule has 0 spiro atoms. The molecule has 0 saturated carbocycles. The summed E-state index contributed by atoms with van der Waals surface area (Å²) in [6.45, 7) is 1.98. The number of ketones is 1. The molecule has 0 aliphatic heterocycles. The van der Waals surface area contributed by atoms with Crippen LogP contribution in [0.3, 0.4) is 0 Å². The Bertz CT molecular complexity index is 534. The molecule has 2 rings (SSSR count). The summed E-state index contributed by atoms with van der Waals surface area (Å²) in [4.78, 5) is 11.8. The lowest BCUT2D eigenvalue weighted by Gasteiger charge is -2.08. The first-order chi connectivity index (χ1) is 9.20. The van der Waals surface area contributed by atoms with E-state index in [1.54, 1.807) is 12.1 Å². The summed E-state index contributed by atoms with van der Waals surface area (Å²) in [5, 5.41) is 0. The lowest BCUT2D eigenvalue weighted by Crippen LogP contribution is -2.12. The molecule has 0 aliphatic carbocycles. The van der Waals surface area contributed by atoms with Crippen molar-refractivity contribution < 1.29 is 9.53 Å². The molecular formula is C16H15BrO2. The molecule has 0 saturated heterocycles. The van der Waals surface area contributed by atoms with Crippen molar-refractivity contribution in [2.45, 2.75) is 18.2 Å². The predicted molar refractivity (Wildman–Crippen MR) is 80.3 cm³/mol. The molecular weight excluding hydrogens is 304 g/mol. The van der Waals surface area contributed by atoms with Crippen LogP contribution in [0.4, 0.5) is 0 Å². The fraction of sp³-hybridized carbons (Fsp3) is 0.188. The van der Waals surface area contributed by atoms with Crippen LogP contribution in [0.15, 0.2) is 54.6 Å². The van der Waals surface area contributed by atoms with Crippen LogP contribution in [0, 0.1) is 0 Å². The first-order valence-electron chi connectivity index (χ1n) is 6.22. The second-order valence-electron chi connectivity index (χ2n) is 4.18. The Kier molecular flexibility index (Phi) is 4.74. The monoisotopic (exact) mass is 318 g/mol. The first kappa shape index (κ1) is 13.8. The molecule has 2 aromatic rings. The maximum Gasteiger partial charge on any atom is 0.176 e. The average Bonchev–Trinajstić information content (AvgIpc) is 2.47. The van der Waals surface area contributed by atoms with Gasteiger partial charge >= 0.3 is 0 Å². The molecule has 0 aliphatic rings. The van der Waals surface area contributed by atoms with Gasteiger partial charge in [-0.3, -0.25) is 4.79 Å². The summed E-state index contributed by atoms with van der Waals surface area (Å²) in [5.74, 6) is 1.62. The Hall–Kier alpha value is -1.61. The highest BCUT2D eigenvalue weighted by molar-refractivity contribution is 9.10. The zero-order valence-corrected chi connectivity index (χ0v) is 12.3. The Morgan fingerprint density at radius 2 is 1.63 bits per heavy atom. The fourth-order valence-corrected chi connectivity index (χ4v) is 1.94. The van der Waals surface area contributed by atoms with Crippen molar-refractivity contribution in [3.05, 3.63) is 60.2 Å². The summed E-state index contributed by atoms with van der Waals surface area (Å²) in [7, 11) is 0. The van der Waals surface area contributed by atoms with Gasteiger partial charge in [-0.1, -0.05) is 41.1 Å². The van der Waals surface area contributed by atoms with Gasteiger partial charge in [0.25, 0.3) is 0 Å². The number of carbonyl (C=O) groups excluding carboxylic acids is 1. The molecule has 0 bridgehead atoms. The van der Waals surface area contributed by atoms with Crippen molar-refractivity contribution in [3.63, 3.8) is 0 Å². The zero-order valence-electron chi connectivity index (χ0n) is 10.7. The van der Waals surface area contributed by atoms with Gasteiger partial charge in [0.05, 0.1) is 4.83 Å². The van der Waals surface area contributed by atoms with E-state index in [1.165, 1.54) is 0 Å². The van der Waals surface area contributed by atoms with E-state index < -0.39 is 0 Å². The van der Waals surface area contributed by atoms with Crippen molar-refractivity contribution in [2.24, 2.45) is 0 Å². The zero-order chi connectivity index (χ0) is 13.7. The minimum absolute atomic E-state index is 0.105. The van der Waals surface area contributed by atoms with Gasteiger partial charge in [-0.15, -0.1) is 0 Å². The molecule has 0 N–H and O–H groups in total. The maximum atomic E-state index is 12.0. The molecule has 0 radical (unpaired) electrons. The Labute approximate surface area is 121 Å². The van der Waals surface area contributed by atoms with E-state index in [4.69, 9.17) is 4.74 Å². The number of hydrogen-bond acceptors (Lipinski definition) is 2. The third kappa shape index (κ3) is 3.67. The second-order valence-corrected chi connectivity index (χ2v) is 5.28. The van der Waals surface area contributed by atoms with Gasteiger partial charge in [-0.25, -0.2) is 0 Å². The van der Waals surface area contributed by atoms with Crippen molar-refractivity contribution in [3.8, 4) is 11.5 Å². The fourth-order valence-electron chi connectivity index (χ4n) is 1.68. The number of hydrogen-bond donors (Lipinski definition) is 0. The highest BCUT2D eigenvalue weighted by atomic mass is 79.9. The van der Waals surface area contributed by atoms with Gasteiger partial charge in [0.2, 0.25) is 0 Å². The molecule has 2 aromatic carbocycles. The highest BCUT2D eigenvalue weighted by Gasteiger charge is 2.14. The van der Waals surface area contributed by atoms with Crippen molar-refractivity contribution in [2.75, 3.05) is 0 Å². The Balaban J connectivity index is 2.09. The molecule has 0 amide bonds. The van der Waals surface area contributed by atoms with Crippen molar-refractivity contribution in [1.82, 2.24) is 0 Å². The van der Waals surface area contributed by atoms with Crippen LogP contribution in [0.25, 0.3) is 0 Å². The predicted octanol–water partition coefficient (Wildman–Crippen LogP) is 4.84. The van der Waals surface area contributed by atoms with Crippen LogP contribution in [0.5, 0.6) is 11.5 Å². The lowest BCUT2D eigenvalue weighted by molar-refractivity contribution is 0.0990. The van der Waals surface area contributed by atoms with Gasteiger partial charge < -0.3 is 4.74 Å². The second kappa shape index (κ2) is 6.53. The van der Waals surface area contributed by atoms with Crippen LogP contribution in [-0.4, -0.2) is 10.6 Å². The molecule has 3 heteroatoms. The number of Topliss-reactive ketones (excluding diaryl/α,β-unsaturated/α-hetero) is 1. The van der Waals surface area contributed by atoms with E-state index in [9.17, 15) is 4.79 Å². The molecule has 1 unspecified atom stereocenters. The van der Waals surface area contributed by atoms with E-state index in [-0.39, 0.29) is 10.6 Å². The normalized spacial score (nSPS) is 11.9. The quantitative estimate of drug-likeness (QED) is 0.582. The number of halogens is 1. The van der Waals surface area contributed by atoms with E-state index in [0.29, 0.717) is 5.56 Å². The average molecular weight is 319 g/mol. The maximum absolute atomic E-state index is 12.0. The summed E-state index contributed by atoms with van der Waals surface area (Å²) < 4.78 is 5.68. The number of carbonyl (C=O) groups is 1. The number of ether oxygens (including phenoxy) is 1. The van der Waals surface area contributed by atoms with Gasteiger partial charge in [-0.05, 0) is 42.8 Å². The largest absolute Gasteiger partial charge is 0.457 e. The summed E-state index contributed by atoms with van der Waals surface area (Å²) >= 11 is 3.37. The van der Waals surface area contributed by atoms with Crippen LogP contribution in [0.2, 0.25) is 0 Å².